The maximum absolute atomic E-state index is 12.4. The zero-order valence-electron chi connectivity index (χ0n) is 14.9. The first-order valence-corrected chi connectivity index (χ1v) is 8.56. The van der Waals surface area contributed by atoms with Gasteiger partial charge >= 0.3 is 0 Å². The Morgan fingerprint density at radius 3 is 2.80 bits per heavy atom. The van der Waals surface area contributed by atoms with Crippen molar-refractivity contribution in [1.82, 2.24) is 15.5 Å². The number of carbonyl (C=O) groups is 2. The van der Waals surface area contributed by atoms with Crippen LogP contribution in [0.15, 0.2) is 30.3 Å². The van der Waals surface area contributed by atoms with E-state index >= 15 is 0 Å². The molecule has 0 bridgehead atoms. The summed E-state index contributed by atoms with van der Waals surface area (Å²) in [6.45, 7) is 6.98. The third-order valence-electron chi connectivity index (χ3n) is 4.16. The molecule has 1 saturated heterocycles. The maximum atomic E-state index is 12.4. The van der Waals surface area contributed by atoms with Crippen molar-refractivity contribution in [3.63, 3.8) is 0 Å². The second-order valence-corrected chi connectivity index (χ2v) is 5.93. The van der Waals surface area contributed by atoms with E-state index in [9.17, 15) is 9.59 Å². The Balaban J connectivity index is 0.00000312. The van der Waals surface area contributed by atoms with Gasteiger partial charge in [-0.25, -0.2) is 0 Å². The fraction of sp³-hybridized carbons (Fsp3) is 0.556. The number of hydrogen-bond donors (Lipinski definition) is 2. The number of nitrogens with one attached hydrogen (secondary N) is 2. The van der Waals surface area contributed by atoms with Crippen LogP contribution in [0.3, 0.4) is 0 Å². The summed E-state index contributed by atoms with van der Waals surface area (Å²) >= 11 is 0. The fourth-order valence-corrected chi connectivity index (χ4v) is 2.80. The molecule has 25 heavy (non-hydrogen) atoms. The molecular weight excluding hydrogens is 342 g/mol. The van der Waals surface area contributed by atoms with Crippen LogP contribution in [0.25, 0.3) is 0 Å². The van der Waals surface area contributed by atoms with Crippen LogP contribution in [-0.4, -0.2) is 55.6 Å². The highest BCUT2D eigenvalue weighted by molar-refractivity contribution is 5.89. The number of hydrogen-bond acceptors (Lipinski definition) is 4. The summed E-state index contributed by atoms with van der Waals surface area (Å²) in [4.78, 5) is 26.5. The Morgan fingerprint density at radius 2 is 2.12 bits per heavy atom. The second kappa shape index (κ2) is 11.1. The van der Waals surface area contributed by atoms with Gasteiger partial charge in [-0.05, 0) is 19.4 Å². The standard InChI is InChI=1S/C18H27N3O3.ClH/c1-3-24-12-11-21-10-9-19-16(18(21)23)13-17(22)20-14(2)15-7-5-4-6-8-15;/h4-8,14,16,19H,3,9-13H2,1-2H3,(H,20,22);1H. The van der Waals surface area contributed by atoms with Gasteiger partial charge in [0.15, 0.2) is 0 Å². The fourth-order valence-electron chi connectivity index (χ4n) is 2.80. The van der Waals surface area contributed by atoms with Crippen LogP contribution in [0.2, 0.25) is 0 Å². The Labute approximate surface area is 155 Å². The quantitative estimate of drug-likeness (QED) is 0.681. The third-order valence-corrected chi connectivity index (χ3v) is 4.16. The first-order valence-electron chi connectivity index (χ1n) is 8.56. The van der Waals surface area contributed by atoms with Crippen LogP contribution in [-0.2, 0) is 14.3 Å². The summed E-state index contributed by atoms with van der Waals surface area (Å²) in [7, 11) is 0. The van der Waals surface area contributed by atoms with E-state index in [1.807, 2.05) is 44.2 Å². The molecule has 140 valence electrons. The lowest BCUT2D eigenvalue weighted by Gasteiger charge is -2.33. The van der Waals surface area contributed by atoms with Crippen LogP contribution >= 0.6 is 12.4 Å². The molecule has 2 atom stereocenters. The average Bonchev–Trinajstić information content (AvgIpc) is 2.59. The monoisotopic (exact) mass is 369 g/mol. The molecule has 1 aromatic rings. The summed E-state index contributed by atoms with van der Waals surface area (Å²) in [5, 5.41) is 6.10. The predicted octanol–water partition coefficient (Wildman–Crippen LogP) is 1.51. The SMILES string of the molecule is CCOCCN1CCNC(CC(=O)NC(C)c2ccccc2)C1=O.Cl. The zero-order valence-corrected chi connectivity index (χ0v) is 15.7. The molecule has 1 heterocycles. The molecule has 0 spiro atoms. The Morgan fingerprint density at radius 1 is 1.40 bits per heavy atom. The number of amides is 2. The molecule has 2 amide bonds. The van der Waals surface area contributed by atoms with Crippen LogP contribution in [0.4, 0.5) is 0 Å². The third kappa shape index (κ3) is 6.65. The van der Waals surface area contributed by atoms with Crippen molar-refractivity contribution in [3.8, 4) is 0 Å². The van der Waals surface area contributed by atoms with Gasteiger partial charge in [0.05, 0.1) is 25.1 Å². The normalized spacial score (nSPS) is 18.4. The first kappa shape index (κ1) is 21.4. The highest BCUT2D eigenvalue weighted by Gasteiger charge is 2.30. The molecule has 6 nitrogen and oxygen atoms in total. The molecule has 2 rings (SSSR count). The van der Waals surface area contributed by atoms with Crippen molar-refractivity contribution in [3.05, 3.63) is 35.9 Å². The highest BCUT2D eigenvalue weighted by Crippen LogP contribution is 2.12. The summed E-state index contributed by atoms with van der Waals surface area (Å²) in [5.41, 5.74) is 1.05. The van der Waals surface area contributed by atoms with E-state index in [-0.39, 0.29) is 36.7 Å². The van der Waals surface area contributed by atoms with Crippen LogP contribution in [0.5, 0.6) is 0 Å². The number of carbonyl (C=O) groups excluding carboxylic acids is 2. The Bertz CT molecular complexity index is 542. The molecule has 0 saturated carbocycles. The van der Waals surface area contributed by atoms with Gasteiger partial charge in [0.25, 0.3) is 0 Å². The molecule has 1 aromatic carbocycles. The second-order valence-electron chi connectivity index (χ2n) is 5.93. The van der Waals surface area contributed by atoms with Crippen molar-refractivity contribution in [2.24, 2.45) is 0 Å². The van der Waals surface area contributed by atoms with E-state index in [0.717, 1.165) is 5.56 Å². The van der Waals surface area contributed by atoms with Crippen molar-refractivity contribution in [2.75, 3.05) is 32.8 Å². The minimum Gasteiger partial charge on any atom is -0.380 e. The lowest BCUT2D eigenvalue weighted by molar-refractivity contribution is -0.139. The minimum absolute atomic E-state index is 0. The molecule has 1 aliphatic rings. The molecule has 2 N–H and O–H groups in total. The largest absolute Gasteiger partial charge is 0.380 e. The smallest absolute Gasteiger partial charge is 0.240 e. The molecule has 0 aromatic heterocycles. The van der Waals surface area contributed by atoms with Crippen LogP contribution in [0.1, 0.15) is 31.9 Å². The van der Waals surface area contributed by atoms with Gasteiger partial charge in [0, 0.05) is 26.2 Å². The molecule has 0 aliphatic carbocycles. The van der Waals surface area contributed by atoms with Gasteiger partial charge in [-0.15, -0.1) is 12.4 Å². The van der Waals surface area contributed by atoms with E-state index < -0.39 is 6.04 Å². The predicted molar refractivity (Wildman–Crippen MR) is 99.7 cm³/mol. The van der Waals surface area contributed by atoms with Gasteiger partial charge in [0.1, 0.15) is 0 Å². The van der Waals surface area contributed by atoms with E-state index in [2.05, 4.69) is 10.6 Å². The number of piperazine rings is 1. The van der Waals surface area contributed by atoms with Gasteiger partial charge < -0.3 is 20.3 Å². The number of rotatable bonds is 8. The summed E-state index contributed by atoms with van der Waals surface area (Å²) in [6, 6.07) is 9.25. The Kier molecular flexibility index (Phi) is 9.49. The van der Waals surface area contributed by atoms with Gasteiger partial charge in [-0.2, -0.15) is 0 Å². The molecule has 1 fully saturated rings. The van der Waals surface area contributed by atoms with Gasteiger partial charge in [-0.1, -0.05) is 30.3 Å². The minimum atomic E-state index is -0.455. The summed E-state index contributed by atoms with van der Waals surface area (Å²) in [6.07, 6.45) is 0.154. The van der Waals surface area contributed by atoms with Crippen LogP contribution < -0.4 is 10.6 Å². The van der Waals surface area contributed by atoms with E-state index in [0.29, 0.717) is 32.8 Å². The van der Waals surface area contributed by atoms with E-state index in [1.165, 1.54) is 0 Å². The van der Waals surface area contributed by atoms with E-state index in [1.54, 1.807) is 4.90 Å². The molecule has 2 unspecified atom stereocenters. The topological polar surface area (TPSA) is 70.7 Å². The number of nitrogens with zero attached hydrogens (tertiary/aromatic N) is 1. The van der Waals surface area contributed by atoms with Gasteiger partial charge in [-0.3, -0.25) is 9.59 Å². The van der Waals surface area contributed by atoms with Crippen molar-refractivity contribution in [1.29, 1.82) is 0 Å². The lowest BCUT2D eigenvalue weighted by atomic mass is 10.1. The van der Waals surface area contributed by atoms with Crippen molar-refractivity contribution in [2.45, 2.75) is 32.4 Å². The first-order chi connectivity index (χ1) is 11.6. The highest BCUT2D eigenvalue weighted by atomic mass is 35.5. The average molecular weight is 370 g/mol. The summed E-state index contributed by atoms with van der Waals surface area (Å²) in [5.74, 6) is -0.146. The molecule has 7 heteroatoms. The maximum Gasteiger partial charge on any atom is 0.240 e. The Hall–Kier alpha value is -1.63. The van der Waals surface area contributed by atoms with Crippen molar-refractivity contribution < 1.29 is 14.3 Å². The molecule has 0 radical (unpaired) electrons. The lowest BCUT2D eigenvalue weighted by Crippen LogP contribution is -2.56. The van der Waals surface area contributed by atoms with Crippen LogP contribution in [0, 0.1) is 0 Å². The van der Waals surface area contributed by atoms with Crippen molar-refractivity contribution >= 4 is 24.2 Å². The zero-order chi connectivity index (χ0) is 17.4. The number of benzene rings is 1. The van der Waals surface area contributed by atoms with E-state index in [4.69, 9.17) is 4.74 Å². The summed E-state index contributed by atoms with van der Waals surface area (Å²) < 4.78 is 5.31. The number of ether oxygens (including phenoxy) is 1. The molecule has 1 aliphatic heterocycles. The molecular formula is C18H28ClN3O3. The van der Waals surface area contributed by atoms with Gasteiger partial charge in [0.2, 0.25) is 11.8 Å². The number of halogens is 1.